The predicted molar refractivity (Wildman–Crippen MR) is 79.6 cm³/mol. The second-order valence-electron chi connectivity index (χ2n) is 4.19. The number of anilines is 1. The molecule has 0 spiro atoms. The van der Waals surface area contributed by atoms with E-state index < -0.39 is 5.97 Å². The monoisotopic (exact) mass is 305 g/mol. The zero-order chi connectivity index (χ0) is 15.2. The summed E-state index contributed by atoms with van der Waals surface area (Å²) in [6.07, 6.45) is 3.43. The Hall–Kier alpha value is -2.28. The summed E-state index contributed by atoms with van der Waals surface area (Å²) in [5, 5.41) is 3.59. The Labute approximate surface area is 126 Å². The van der Waals surface area contributed by atoms with Crippen molar-refractivity contribution in [1.29, 1.82) is 0 Å². The molecule has 0 aliphatic heterocycles. The third-order valence-corrected chi connectivity index (χ3v) is 3.70. The van der Waals surface area contributed by atoms with Crippen molar-refractivity contribution < 1.29 is 14.3 Å². The predicted octanol–water partition coefficient (Wildman–Crippen LogP) is 2.53. The first-order chi connectivity index (χ1) is 10.1. The second-order valence-corrected chi connectivity index (χ2v) is 5.19. The fourth-order valence-electron chi connectivity index (χ4n) is 1.65. The minimum atomic E-state index is -0.576. The molecule has 6 nitrogen and oxygen atoms in total. The van der Waals surface area contributed by atoms with Gasteiger partial charge < -0.3 is 10.1 Å². The van der Waals surface area contributed by atoms with Gasteiger partial charge in [-0.25, -0.2) is 9.78 Å². The number of esters is 1. The maximum absolute atomic E-state index is 11.8. The molecule has 2 aromatic rings. The standard InChI is InChI=1S/C14H15N3O3S/c1-3-20-13(19)11-12(9(2)18)21-14(17-11)16-8-10-5-4-6-15-7-10/h4-7H,3,8H2,1-2H3,(H,16,17). The number of hydrogen-bond donors (Lipinski definition) is 1. The topological polar surface area (TPSA) is 81.2 Å². The van der Waals surface area contributed by atoms with Crippen LogP contribution >= 0.6 is 11.3 Å². The first kappa shape index (κ1) is 15.1. The van der Waals surface area contributed by atoms with E-state index in [2.05, 4.69) is 15.3 Å². The van der Waals surface area contributed by atoms with E-state index in [4.69, 9.17) is 4.74 Å². The normalized spacial score (nSPS) is 10.2. The molecule has 0 saturated carbocycles. The minimum Gasteiger partial charge on any atom is -0.461 e. The summed E-state index contributed by atoms with van der Waals surface area (Å²) < 4.78 is 4.91. The first-order valence-electron chi connectivity index (χ1n) is 6.43. The van der Waals surface area contributed by atoms with Crippen molar-refractivity contribution in [3.05, 3.63) is 40.7 Å². The molecule has 0 aliphatic rings. The number of pyridine rings is 1. The number of aromatic nitrogens is 2. The van der Waals surface area contributed by atoms with Gasteiger partial charge in [0.1, 0.15) is 4.88 Å². The zero-order valence-electron chi connectivity index (χ0n) is 11.8. The maximum atomic E-state index is 11.8. The van der Waals surface area contributed by atoms with Crippen LogP contribution in [0.25, 0.3) is 0 Å². The van der Waals surface area contributed by atoms with E-state index in [-0.39, 0.29) is 18.1 Å². The molecule has 0 aliphatic carbocycles. The molecular formula is C14H15N3O3S. The molecule has 0 amide bonds. The van der Waals surface area contributed by atoms with Crippen molar-refractivity contribution in [2.75, 3.05) is 11.9 Å². The fraction of sp³-hybridized carbons (Fsp3) is 0.286. The molecule has 0 fully saturated rings. The van der Waals surface area contributed by atoms with Crippen LogP contribution in [-0.2, 0) is 11.3 Å². The molecule has 0 radical (unpaired) electrons. The van der Waals surface area contributed by atoms with Gasteiger partial charge in [0, 0.05) is 25.9 Å². The lowest BCUT2D eigenvalue weighted by molar-refractivity contribution is 0.0517. The van der Waals surface area contributed by atoms with E-state index in [0.717, 1.165) is 16.9 Å². The lowest BCUT2D eigenvalue weighted by Crippen LogP contribution is -2.09. The van der Waals surface area contributed by atoms with Crippen LogP contribution in [0.4, 0.5) is 5.13 Å². The van der Waals surface area contributed by atoms with Gasteiger partial charge >= 0.3 is 5.97 Å². The summed E-state index contributed by atoms with van der Waals surface area (Å²) in [5.41, 5.74) is 1.05. The van der Waals surface area contributed by atoms with Gasteiger partial charge in [-0.3, -0.25) is 9.78 Å². The van der Waals surface area contributed by atoms with Gasteiger partial charge in [0.15, 0.2) is 16.6 Å². The van der Waals surface area contributed by atoms with Crippen LogP contribution in [0.3, 0.4) is 0 Å². The van der Waals surface area contributed by atoms with E-state index in [1.54, 1.807) is 19.3 Å². The number of rotatable bonds is 6. The van der Waals surface area contributed by atoms with Crippen molar-refractivity contribution >= 4 is 28.2 Å². The minimum absolute atomic E-state index is 0.0723. The third kappa shape index (κ3) is 3.85. The number of Topliss-reactive ketones (excluding diaryl/α,β-unsaturated/α-hetero) is 1. The molecule has 0 atom stereocenters. The maximum Gasteiger partial charge on any atom is 0.358 e. The molecule has 21 heavy (non-hydrogen) atoms. The molecule has 2 heterocycles. The van der Waals surface area contributed by atoms with Crippen LogP contribution in [-0.4, -0.2) is 28.3 Å². The third-order valence-electron chi connectivity index (χ3n) is 2.58. The zero-order valence-corrected chi connectivity index (χ0v) is 12.6. The van der Waals surface area contributed by atoms with E-state index in [0.29, 0.717) is 16.6 Å². The highest BCUT2D eigenvalue weighted by molar-refractivity contribution is 7.17. The van der Waals surface area contributed by atoms with Crippen LogP contribution in [0.5, 0.6) is 0 Å². The van der Waals surface area contributed by atoms with Crippen LogP contribution in [0.2, 0.25) is 0 Å². The molecule has 0 unspecified atom stereocenters. The highest BCUT2D eigenvalue weighted by Gasteiger charge is 2.22. The summed E-state index contributed by atoms with van der Waals surface area (Å²) in [7, 11) is 0. The molecule has 2 aromatic heterocycles. The Kier molecular flexibility index (Phi) is 4.99. The summed E-state index contributed by atoms with van der Waals surface area (Å²) in [4.78, 5) is 31.9. The van der Waals surface area contributed by atoms with Gasteiger partial charge in [-0.15, -0.1) is 0 Å². The summed E-state index contributed by atoms with van der Waals surface area (Å²) in [6.45, 7) is 3.87. The van der Waals surface area contributed by atoms with Crippen LogP contribution in [0.1, 0.15) is 39.6 Å². The Morgan fingerprint density at radius 1 is 1.43 bits per heavy atom. The first-order valence-corrected chi connectivity index (χ1v) is 7.25. The summed E-state index contributed by atoms with van der Waals surface area (Å²) in [6, 6.07) is 3.76. The molecule has 0 bridgehead atoms. The molecular weight excluding hydrogens is 290 g/mol. The number of hydrogen-bond acceptors (Lipinski definition) is 7. The average Bonchev–Trinajstić information content (AvgIpc) is 2.91. The smallest absolute Gasteiger partial charge is 0.358 e. The van der Waals surface area contributed by atoms with Crippen molar-refractivity contribution in [2.45, 2.75) is 20.4 Å². The Bertz CT molecular complexity index is 640. The molecule has 7 heteroatoms. The quantitative estimate of drug-likeness (QED) is 0.652. The fourth-order valence-corrected chi connectivity index (χ4v) is 2.50. The Morgan fingerprint density at radius 3 is 2.86 bits per heavy atom. The lowest BCUT2D eigenvalue weighted by atomic mass is 10.3. The number of carbonyl (C=O) groups excluding carboxylic acids is 2. The molecule has 1 N–H and O–H groups in total. The number of ether oxygens (including phenoxy) is 1. The Morgan fingerprint density at radius 2 is 2.24 bits per heavy atom. The Balaban J connectivity index is 2.15. The van der Waals surface area contributed by atoms with Gasteiger partial charge in [-0.1, -0.05) is 17.4 Å². The van der Waals surface area contributed by atoms with Crippen LogP contribution < -0.4 is 5.32 Å². The molecule has 0 aromatic carbocycles. The van der Waals surface area contributed by atoms with E-state index >= 15 is 0 Å². The van der Waals surface area contributed by atoms with Gasteiger partial charge in [0.25, 0.3) is 0 Å². The van der Waals surface area contributed by atoms with Crippen molar-refractivity contribution in [3.63, 3.8) is 0 Å². The SMILES string of the molecule is CCOC(=O)c1nc(NCc2cccnc2)sc1C(C)=O. The van der Waals surface area contributed by atoms with E-state index in [1.165, 1.54) is 6.92 Å². The summed E-state index contributed by atoms with van der Waals surface area (Å²) >= 11 is 1.15. The average molecular weight is 305 g/mol. The largest absolute Gasteiger partial charge is 0.461 e. The van der Waals surface area contributed by atoms with E-state index in [9.17, 15) is 9.59 Å². The second kappa shape index (κ2) is 6.94. The number of nitrogens with one attached hydrogen (secondary N) is 1. The number of nitrogens with zero attached hydrogens (tertiary/aromatic N) is 2. The van der Waals surface area contributed by atoms with Gasteiger partial charge in [0.05, 0.1) is 6.61 Å². The highest BCUT2D eigenvalue weighted by Crippen LogP contribution is 2.24. The van der Waals surface area contributed by atoms with Crippen LogP contribution in [0.15, 0.2) is 24.5 Å². The van der Waals surface area contributed by atoms with E-state index in [1.807, 2.05) is 12.1 Å². The molecule has 2 rings (SSSR count). The van der Waals surface area contributed by atoms with Crippen molar-refractivity contribution in [3.8, 4) is 0 Å². The molecule has 0 saturated heterocycles. The van der Waals surface area contributed by atoms with Crippen molar-refractivity contribution in [2.24, 2.45) is 0 Å². The van der Waals surface area contributed by atoms with Gasteiger partial charge in [0.2, 0.25) is 0 Å². The van der Waals surface area contributed by atoms with Crippen LogP contribution in [0, 0.1) is 0 Å². The highest BCUT2D eigenvalue weighted by atomic mass is 32.1. The number of ketones is 1. The van der Waals surface area contributed by atoms with Gasteiger partial charge in [-0.05, 0) is 18.6 Å². The lowest BCUT2D eigenvalue weighted by Gasteiger charge is -2.01. The number of thiazole rings is 1. The molecule has 110 valence electrons. The van der Waals surface area contributed by atoms with Gasteiger partial charge in [-0.2, -0.15) is 0 Å². The number of carbonyl (C=O) groups is 2. The summed E-state index contributed by atoms with van der Waals surface area (Å²) in [5.74, 6) is -0.779. The van der Waals surface area contributed by atoms with Crippen molar-refractivity contribution in [1.82, 2.24) is 9.97 Å².